The normalized spacial score (nSPS) is 9.46. The van der Waals surface area contributed by atoms with Crippen molar-refractivity contribution in [3.63, 3.8) is 0 Å². The molecule has 0 fully saturated rings. The van der Waals surface area contributed by atoms with Crippen molar-refractivity contribution in [2.45, 2.75) is 4.90 Å². The van der Waals surface area contributed by atoms with Gasteiger partial charge < -0.3 is 10.2 Å². The van der Waals surface area contributed by atoms with Gasteiger partial charge in [-0.1, -0.05) is 0 Å². The maximum atomic E-state index is 11.2. The number of carbonyl (C=O) groups is 1. The fourth-order valence-electron chi connectivity index (χ4n) is 0.780. The van der Waals surface area contributed by atoms with Crippen LogP contribution in [0.25, 0.3) is 0 Å². The first kappa shape index (κ1) is 9.92. The van der Waals surface area contributed by atoms with Crippen LogP contribution in [0, 0.1) is 0 Å². The molecular weight excluding hydrogens is 184 g/mol. The summed E-state index contributed by atoms with van der Waals surface area (Å²) in [4.78, 5) is 13.6. The van der Waals surface area contributed by atoms with Crippen LogP contribution in [0.1, 0.15) is 0 Å². The van der Waals surface area contributed by atoms with Crippen LogP contribution in [0.15, 0.2) is 29.2 Å². The molecule has 0 aliphatic rings. The molecule has 1 aromatic rings. The molecule has 3 nitrogen and oxygen atoms in total. The molecule has 1 rings (SSSR count). The molecule has 0 saturated carbocycles. The number of anilines is 1. The van der Waals surface area contributed by atoms with Crippen LogP contribution < -0.4 is 5.32 Å². The molecule has 0 saturated heterocycles. The molecule has 0 aliphatic carbocycles. The summed E-state index contributed by atoms with van der Waals surface area (Å²) in [6.07, 6.45) is 0. The molecule has 0 unspecified atom stereocenters. The zero-order valence-electron chi connectivity index (χ0n) is 7.61. The van der Waals surface area contributed by atoms with Crippen LogP contribution in [-0.2, 0) is 0 Å². The molecule has 0 spiro atoms. The van der Waals surface area contributed by atoms with Gasteiger partial charge in [0.15, 0.2) is 0 Å². The smallest absolute Gasteiger partial charge is 0.321 e. The highest BCUT2D eigenvalue weighted by molar-refractivity contribution is 7.80. The topological polar surface area (TPSA) is 32.3 Å². The third kappa shape index (κ3) is 2.99. The van der Waals surface area contributed by atoms with E-state index in [1.54, 1.807) is 14.1 Å². The maximum Gasteiger partial charge on any atom is 0.321 e. The van der Waals surface area contributed by atoms with Crippen molar-refractivity contribution in [3.05, 3.63) is 24.3 Å². The molecule has 0 aromatic heterocycles. The third-order valence-electron chi connectivity index (χ3n) is 1.52. The highest BCUT2D eigenvalue weighted by Crippen LogP contribution is 2.11. The Morgan fingerprint density at radius 1 is 1.31 bits per heavy atom. The summed E-state index contributed by atoms with van der Waals surface area (Å²) in [6, 6.07) is 7.14. The van der Waals surface area contributed by atoms with Crippen LogP contribution in [0.5, 0.6) is 0 Å². The van der Waals surface area contributed by atoms with Gasteiger partial charge in [-0.2, -0.15) is 0 Å². The Balaban J connectivity index is 2.65. The standard InChI is InChI=1S/C9H12N2OS/c1-11(2)9(12)10-7-3-5-8(13)6-4-7/h3-6,13H,1-2H3,(H,10,12). The Bertz CT molecular complexity index is 295. The molecule has 4 heteroatoms. The molecule has 2 amide bonds. The number of nitrogens with one attached hydrogen (secondary N) is 1. The Labute approximate surface area is 83.2 Å². The number of thiol groups is 1. The minimum atomic E-state index is -0.132. The second-order valence-electron chi connectivity index (χ2n) is 2.87. The van der Waals surface area contributed by atoms with Gasteiger partial charge in [0, 0.05) is 24.7 Å². The summed E-state index contributed by atoms with van der Waals surface area (Å²) in [5.41, 5.74) is 0.775. The predicted octanol–water partition coefficient (Wildman–Crippen LogP) is 2.07. The van der Waals surface area contributed by atoms with E-state index in [-0.39, 0.29) is 6.03 Å². The van der Waals surface area contributed by atoms with Gasteiger partial charge in [-0.25, -0.2) is 4.79 Å². The van der Waals surface area contributed by atoms with Gasteiger partial charge in [0.2, 0.25) is 0 Å². The Morgan fingerprint density at radius 3 is 2.31 bits per heavy atom. The zero-order valence-corrected chi connectivity index (χ0v) is 8.51. The summed E-state index contributed by atoms with van der Waals surface area (Å²) in [6.45, 7) is 0. The highest BCUT2D eigenvalue weighted by Gasteiger charge is 2.02. The van der Waals surface area contributed by atoms with Gasteiger partial charge in [-0.3, -0.25) is 0 Å². The first-order chi connectivity index (χ1) is 6.09. The third-order valence-corrected chi connectivity index (χ3v) is 1.82. The molecule has 13 heavy (non-hydrogen) atoms. The summed E-state index contributed by atoms with van der Waals surface area (Å²) in [7, 11) is 3.39. The van der Waals surface area contributed by atoms with Gasteiger partial charge in [-0.05, 0) is 24.3 Å². The van der Waals surface area contributed by atoms with Gasteiger partial charge in [0.25, 0.3) is 0 Å². The molecule has 0 aliphatic heterocycles. The minimum Gasteiger partial charge on any atom is -0.331 e. The number of amides is 2. The average Bonchev–Trinajstić information content (AvgIpc) is 2.08. The second kappa shape index (κ2) is 4.18. The predicted molar refractivity (Wildman–Crippen MR) is 56.4 cm³/mol. The molecular formula is C9H12N2OS. The maximum absolute atomic E-state index is 11.2. The van der Waals surface area contributed by atoms with Gasteiger partial charge >= 0.3 is 6.03 Å². The van der Waals surface area contributed by atoms with Gasteiger partial charge in [0.05, 0.1) is 0 Å². The van der Waals surface area contributed by atoms with E-state index in [4.69, 9.17) is 0 Å². The molecule has 1 aromatic carbocycles. The van der Waals surface area contributed by atoms with Crippen LogP contribution in [-0.4, -0.2) is 25.0 Å². The van der Waals surface area contributed by atoms with E-state index in [2.05, 4.69) is 17.9 Å². The summed E-state index contributed by atoms with van der Waals surface area (Å²) in [5.74, 6) is 0. The number of hydrogen-bond acceptors (Lipinski definition) is 2. The monoisotopic (exact) mass is 196 g/mol. The number of hydrogen-bond donors (Lipinski definition) is 2. The summed E-state index contributed by atoms with van der Waals surface area (Å²) in [5, 5.41) is 2.72. The number of nitrogens with zero attached hydrogens (tertiary/aromatic N) is 1. The van der Waals surface area contributed by atoms with E-state index in [0.717, 1.165) is 10.6 Å². The molecule has 0 bridgehead atoms. The molecule has 70 valence electrons. The SMILES string of the molecule is CN(C)C(=O)Nc1ccc(S)cc1. The lowest BCUT2D eigenvalue weighted by molar-refractivity contribution is 0.230. The van der Waals surface area contributed by atoms with Crippen LogP contribution >= 0.6 is 12.6 Å². The zero-order chi connectivity index (χ0) is 9.84. The van der Waals surface area contributed by atoms with E-state index >= 15 is 0 Å². The van der Waals surface area contributed by atoms with E-state index in [1.165, 1.54) is 4.90 Å². The van der Waals surface area contributed by atoms with E-state index < -0.39 is 0 Å². The summed E-state index contributed by atoms with van der Waals surface area (Å²) < 4.78 is 0. The van der Waals surface area contributed by atoms with Crippen LogP contribution in [0.2, 0.25) is 0 Å². The first-order valence-corrected chi connectivity index (χ1v) is 4.31. The van der Waals surface area contributed by atoms with E-state index in [9.17, 15) is 4.79 Å². The van der Waals surface area contributed by atoms with E-state index in [1.807, 2.05) is 24.3 Å². The number of carbonyl (C=O) groups excluding carboxylic acids is 1. The Kier molecular flexibility index (Phi) is 3.19. The van der Waals surface area contributed by atoms with Crippen molar-refractivity contribution < 1.29 is 4.79 Å². The molecule has 0 atom stereocenters. The molecule has 0 heterocycles. The van der Waals surface area contributed by atoms with Crippen LogP contribution in [0.3, 0.4) is 0 Å². The van der Waals surface area contributed by atoms with Crippen molar-refractivity contribution in [3.8, 4) is 0 Å². The van der Waals surface area contributed by atoms with Crippen LogP contribution in [0.4, 0.5) is 10.5 Å². The number of urea groups is 1. The minimum absolute atomic E-state index is 0.132. The van der Waals surface area contributed by atoms with Crippen molar-refractivity contribution in [1.82, 2.24) is 4.90 Å². The largest absolute Gasteiger partial charge is 0.331 e. The second-order valence-corrected chi connectivity index (χ2v) is 3.39. The lowest BCUT2D eigenvalue weighted by Crippen LogP contribution is -2.27. The first-order valence-electron chi connectivity index (χ1n) is 3.87. The van der Waals surface area contributed by atoms with Crippen molar-refractivity contribution in [1.29, 1.82) is 0 Å². The van der Waals surface area contributed by atoms with E-state index in [0.29, 0.717) is 0 Å². The van der Waals surface area contributed by atoms with Crippen molar-refractivity contribution in [2.24, 2.45) is 0 Å². The lowest BCUT2D eigenvalue weighted by atomic mass is 10.3. The van der Waals surface area contributed by atoms with Gasteiger partial charge in [-0.15, -0.1) is 12.6 Å². The van der Waals surface area contributed by atoms with Crippen molar-refractivity contribution >= 4 is 24.3 Å². The van der Waals surface area contributed by atoms with Gasteiger partial charge in [0.1, 0.15) is 0 Å². The Morgan fingerprint density at radius 2 is 1.85 bits per heavy atom. The fourth-order valence-corrected chi connectivity index (χ4v) is 0.929. The number of rotatable bonds is 1. The molecule has 1 N–H and O–H groups in total. The Hall–Kier alpha value is -1.16. The highest BCUT2D eigenvalue weighted by atomic mass is 32.1. The fraction of sp³-hybridized carbons (Fsp3) is 0.222. The van der Waals surface area contributed by atoms with Crippen molar-refractivity contribution in [2.75, 3.05) is 19.4 Å². The average molecular weight is 196 g/mol. The molecule has 0 radical (unpaired) electrons. The number of benzene rings is 1. The quantitative estimate of drug-likeness (QED) is 0.662. The summed E-state index contributed by atoms with van der Waals surface area (Å²) >= 11 is 4.14. The lowest BCUT2D eigenvalue weighted by Gasteiger charge is -2.11.